The molecule has 1 aromatic rings. The van der Waals surface area contributed by atoms with Gasteiger partial charge in [-0.15, -0.1) is 0 Å². The first kappa shape index (κ1) is 19.0. The standard InChI is InChI=1S/C18H28ClN3O2/c1-14(12-23-3)22-17(20-2)21-13-18(7-9-24-10-8-18)15-5-4-6-16(19)11-15/h4-6,11,14H,7-10,12-13H2,1-3H3,(H2,20,21,22). The van der Waals surface area contributed by atoms with Crippen molar-refractivity contribution in [2.75, 3.05) is 40.5 Å². The molecule has 1 aromatic carbocycles. The SMILES string of the molecule is CN=C(NCC1(c2cccc(Cl)c2)CCOCC1)NC(C)COC. The normalized spacial score (nSPS) is 18.9. The molecule has 6 heteroatoms. The summed E-state index contributed by atoms with van der Waals surface area (Å²) in [4.78, 5) is 4.32. The van der Waals surface area contributed by atoms with Crippen molar-refractivity contribution in [2.24, 2.45) is 4.99 Å². The van der Waals surface area contributed by atoms with Gasteiger partial charge in [0.25, 0.3) is 0 Å². The predicted molar refractivity (Wildman–Crippen MR) is 99.0 cm³/mol. The molecule has 0 saturated carbocycles. The summed E-state index contributed by atoms with van der Waals surface area (Å²) >= 11 is 6.22. The maximum absolute atomic E-state index is 6.22. The molecule has 2 rings (SSSR count). The van der Waals surface area contributed by atoms with Gasteiger partial charge in [0.1, 0.15) is 0 Å². The summed E-state index contributed by atoms with van der Waals surface area (Å²) in [6.07, 6.45) is 1.93. The van der Waals surface area contributed by atoms with Crippen molar-refractivity contribution in [3.63, 3.8) is 0 Å². The van der Waals surface area contributed by atoms with E-state index in [2.05, 4.69) is 34.7 Å². The largest absolute Gasteiger partial charge is 0.383 e. The Morgan fingerprint density at radius 3 is 2.79 bits per heavy atom. The van der Waals surface area contributed by atoms with Gasteiger partial charge in [-0.05, 0) is 37.5 Å². The lowest BCUT2D eigenvalue weighted by molar-refractivity contribution is 0.0513. The first-order valence-electron chi connectivity index (χ1n) is 8.39. The second kappa shape index (κ2) is 9.25. The van der Waals surface area contributed by atoms with Gasteiger partial charge in [0.15, 0.2) is 5.96 Å². The summed E-state index contributed by atoms with van der Waals surface area (Å²) in [6.45, 7) is 5.02. The molecule has 1 heterocycles. The van der Waals surface area contributed by atoms with Gasteiger partial charge >= 0.3 is 0 Å². The van der Waals surface area contributed by atoms with E-state index in [9.17, 15) is 0 Å². The highest BCUT2D eigenvalue weighted by Crippen LogP contribution is 2.35. The molecule has 1 atom stereocenters. The molecule has 1 saturated heterocycles. The van der Waals surface area contributed by atoms with Crippen LogP contribution in [0.4, 0.5) is 0 Å². The zero-order valence-electron chi connectivity index (χ0n) is 14.8. The highest BCUT2D eigenvalue weighted by molar-refractivity contribution is 6.30. The summed E-state index contributed by atoms with van der Waals surface area (Å²) in [5, 5.41) is 7.59. The van der Waals surface area contributed by atoms with Crippen molar-refractivity contribution in [2.45, 2.75) is 31.2 Å². The third-order valence-electron chi connectivity index (χ3n) is 4.50. The lowest BCUT2D eigenvalue weighted by Crippen LogP contribution is -2.50. The zero-order chi connectivity index (χ0) is 17.4. The summed E-state index contributed by atoms with van der Waals surface area (Å²) in [7, 11) is 3.48. The topological polar surface area (TPSA) is 54.9 Å². The van der Waals surface area contributed by atoms with Gasteiger partial charge in [0.2, 0.25) is 0 Å². The van der Waals surface area contributed by atoms with Crippen LogP contribution in [0.3, 0.4) is 0 Å². The van der Waals surface area contributed by atoms with E-state index in [4.69, 9.17) is 21.1 Å². The number of benzene rings is 1. The van der Waals surface area contributed by atoms with Gasteiger partial charge in [-0.2, -0.15) is 0 Å². The Balaban J connectivity index is 2.09. The van der Waals surface area contributed by atoms with Crippen LogP contribution in [0.1, 0.15) is 25.3 Å². The van der Waals surface area contributed by atoms with Crippen molar-refractivity contribution in [3.8, 4) is 0 Å². The second-order valence-corrected chi connectivity index (χ2v) is 6.77. The number of nitrogens with zero attached hydrogens (tertiary/aromatic N) is 1. The van der Waals surface area contributed by atoms with E-state index in [1.54, 1.807) is 14.2 Å². The summed E-state index contributed by atoms with van der Waals surface area (Å²) in [5.74, 6) is 0.785. The van der Waals surface area contributed by atoms with Crippen molar-refractivity contribution < 1.29 is 9.47 Å². The molecular formula is C18H28ClN3O2. The number of guanidine groups is 1. The molecule has 0 amide bonds. The Bertz CT molecular complexity index is 545. The monoisotopic (exact) mass is 353 g/mol. The molecule has 1 aliphatic heterocycles. The third kappa shape index (κ3) is 5.10. The van der Waals surface area contributed by atoms with E-state index in [1.807, 2.05) is 12.1 Å². The van der Waals surface area contributed by atoms with Crippen LogP contribution >= 0.6 is 11.6 Å². The van der Waals surface area contributed by atoms with E-state index in [-0.39, 0.29) is 11.5 Å². The smallest absolute Gasteiger partial charge is 0.191 e. The highest BCUT2D eigenvalue weighted by Gasteiger charge is 2.34. The number of ether oxygens (including phenoxy) is 2. The minimum absolute atomic E-state index is 0.00522. The molecule has 0 aromatic heterocycles. The van der Waals surface area contributed by atoms with Gasteiger partial charge in [-0.3, -0.25) is 4.99 Å². The Morgan fingerprint density at radius 1 is 1.42 bits per heavy atom. The fraction of sp³-hybridized carbons (Fsp3) is 0.611. The average molecular weight is 354 g/mol. The van der Waals surface area contributed by atoms with Crippen molar-refractivity contribution >= 4 is 17.6 Å². The van der Waals surface area contributed by atoms with E-state index in [1.165, 1.54) is 5.56 Å². The van der Waals surface area contributed by atoms with Crippen LogP contribution in [0, 0.1) is 0 Å². The van der Waals surface area contributed by atoms with Crippen molar-refractivity contribution in [1.29, 1.82) is 0 Å². The molecule has 134 valence electrons. The van der Waals surface area contributed by atoms with Crippen molar-refractivity contribution in [3.05, 3.63) is 34.9 Å². The summed E-state index contributed by atoms with van der Waals surface area (Å²) in [5.41, 5.74) is 1.26. The maximum atomic E-state index is 6.22. The Kier molecular flexibility index (Phi) is 7.34. The molecule has 0 bridgehead atoms. The lowest BCUT2D eigenvalue weighted by Gasteiger charge is -2.38. The van der Waals surface area contributed by atoms with Crippen LogP contribution in [-0.4, -0.2) is 52.5 Å². The number of rotatable bonds is 6. The van der Waals surface area contributed by atoms with Crippen LogP contribution in [0.5, 0.6) is 0 Å². The number of hydrogen-bond donors (Lipinski definition) is 2. The van der Waals surface area contributed by atoms with E-state index < -0.39 is 0 Å². The first-order valence-corrected chi connectivity index (χ1v) is 8.77. The van der Waals surface area contributed by atoms with Gasteiger partial charge in [0.05, 0.1) is 6.61 Å². The third-order valence-corrected chi connectivity index (χ3v) is 4.74. The Morgan fingerprint density at radius 2 is 2.17 bits per heavy atom. The summed E-state index contributed by atoms with van der Waals surface area (Å²) < 4.78 is 10.8. The number of nitrogens with one attached hydrogen (secondary N) is 2. The fourth-order valence-corrected chi connectivity index (χ4v) is 3.31. The van der Waals surface area contributed by atoms with Gasteiger partial charge in [-0.1, -0.05) is 23.7 Å². The van der Waals surface area contributed by atoms with Gasteiger partial charge in [0, 0.05) is 50.4 Å². The Labute approximate surface area is 149 Å². The molecule has 1 fully saturated rings. The lowest BCUT2D eigenvalue weighted by atomic mass is 9.74. The second-order valence-electron chi connectivity index (χ2n) is 6.33. The molecular weight excluding hydrogens is 326 g/mol. The maximum Gasteiger partial charge on any atom is 0.191 e. The minimum Gasteiger partial charge on any atom is -0.383 e. The molecule has 0 aliphatic carbocycles. The molecule has 0 spiro atoms. The van der Waals surface area contributed by atoms with E-state index >= 15 is 0 Å². The molecule has 1 unspecified atom stereocenters. The molecule has 24 heavy (non-hydrogen) atoms. The first-order chi connectivity index (χ1) is 11.6. The molecule has 0 radical (unpaired) electrons. The predicted octanol–water partition coefficient (Wildman–Crippen LogP) is 2.59. The van der Waals surface area contributed by atoms with Crippen LogP contribution in [-0.2, 0) is 14.9 Å². The highest BCUT2D eigenvalue weighted by atomic mass is 35.5. The van der Waals surface area contributed by atoms with E-state index in [0.717, 1.165) is 43.6 Å². The minimum atomic E-state index is 0.00522. The Hall–Kier alpha value is -1.30. The van der Waals surface area contributed by atoms with Crippen LogP contribution in [0.15, 0.2) is 29.3 Å². The quantitative estimate of drug-likeness (QED) is 0.609. The number of aliphatic imine (C=N–C) groups is 1. The molecule has 2 N–H and O–H groups in total. The number of methoxy groups -OCH3 is 1. The van der Waals surface area contributed by atoms with Gasteiger partial charge in [-0.25, -0.2) is 0 Å². The average Bonchev–Trinajstić information content (AvgIpc) is 2.59. The number of hydrogen-bond acceptors (Lipinski definition) is 3. The molecule has 1 aliphatic rings. The van der Waals surface area contributed by atoms with Crippen LogP contribution in [0.2, 0.25) is 5.02 Å². The molecule has 5 nitrogen and oxygen atoms in total. The van der Waals surface area contributed by atoms with Crippen molar-refractivity contribution in [1.82, 2.24) is 10.6 Å². The fourth-order valence-electron chi connectivity index (χ4n) is 3.12. The van der Waals surface area contributed by atoms with Crippen LogP contribution in [0.25, 0.3) is 0 Å². The zero-order valence-corrected chi connectivity index (χ0v) is 15.5. The number of halogens is 1. The van der Waals surface area contributed by atoms with Crippen LogP contribution < -0.4 is 10.6 Å². The summed E-state index contributed by atoms with van der Waals surface area (Å²) in [6, 6.07) is 8.35. The van der Waals surface area contributed by atoms with E-state index in [0.29, 0.717) is 6.61 Å². The van der Waals surface area contributed by atoms with Gasteiger partial charge < -0.3 is 20.1 Å².